The van der Waals surface area contributed by atoms with Crippen LogP contribution in [0.3, 0.4) is 0 Å². The summed E-state index contributed by atoms with van der Waals surface area (Å²) in [6.45, 7) is 0.695. The van der Waals surface area contributed by atoms with E-state index in [1.54, 1.807) is 24.4 Å². The second-order valence-electron chi connectivity index (χ2n) is 5.50. The Morgan fingerprint density at radius 1 is 1.04 bits per heavy atom. The molecule has 26 heavy (non-hydrogen) atoms. The number of amides is 1. The van der Waals surface area contributed by atoms with Gasteiger partial charge in [-0.25, -0.2) is 0 Å². The molecule has 0 radical (unpaired) electrons. The van der Waals surface area contributed by atoms with Crippen molar-refractivity contribution in [2.45, 2.75) is 0 Å². The Bertz CT molecular complexity index is 889. The molecule has 0 aliphatic rings. The molecule has 0 atom stereocenters. The van der Waals surface area contributed by atoms with Gasteiger partial charge in [-0.15, -0.1) is 0 Å². The van der Waals surface area contributed by atoms with Crippen LogP contribution in [0.15, 0.2) is 54.7 Å². The Kier molecular flexibility index (Phi) is 5.53. The number of pyridine rings is 1. The normalized spacial score (nSPS) is 10.4. The van der Waals surface area contributed by atoms with Gasteiger partial charge in [-0.05, 0) is 36.4 Å². The van der Waals surface area contributed by atoms with E-state index in [0.717, 1.165) is 16.7 Å². The van der Waals surface area contributed by atoms with Crippen molar-refractivity contribution in [3.63, 3.8) is 0 Å². The first kappa shape index (κ1) is 17.5. The monoisotopic (exact) mass is 352 g/mol. The minimum Gasteiger partial charge on any atom is -0.496 e. The first-order valence-electron chi connectivity index (χ1n) is 8.19. The Hall–Kier alpha value is -3.28. The quantitative estimate of drug-likeness (QED) is 0.662. The summed E-state index contributed by atoms with van der Waals surface area (Å²) in [6.07, 6.45) is 1.75. The van der Waals surface area contributed by atoms with Crippen LogP contribution < -0.4 is 19.5 Å². The summed E-state index contributed by atoms with van der Waals surface area (Å²) in [5.41, 5.74) is 1.28. The highest BCUT2D eigenvalue weighted by molar-refractivity contribution is 5.99. The molecule has 1 N–H and O–H groups in total. The van der Waals surface area contributed by atoms with Crippen molar-refractivity contribution in [3.05, 3.63) is 60.3 Å². The van der Waals surface area contributed by atoms with Gasteiger partial charge in [0.2, 0.25) is 0 Å². The van der Waals surface area contributed by atoms with Crippen LogP contribution in [0.4, 0.5) is 0 Å². The fourth-order valence-electron chi connectivity index (χ4n) is 2.64. The molecule has 0 saturated heterocycles. The average molecular weight is 352 g/mol. The zero-order valence-corrected chi connectivity index (χ0v) is 14.7. The number of rotatable bonds is 7. The number of carbonyl (C=O) groups excluding carboxylic acids is 1. The van der Waals surface area contributed by atoms with Gasteiger partial charge >= 0.3 is 0 Å². The third-order valence-electron chi connectivity index (χ3n) is 3.89. The molecule has 2 aromatic carbocycles. The first-order chi connectivity index (χ1) is 12.7. The molecule has 1 heterocycles. The number of ether oxygens (including phenoxy) is 3. The molecular formula is C20H20N2O4. The van der Waals surface area contributed by atoms with E-state index in [0.29, 0.717) is 30.2 Å². The van der Waals surface area contributed by atoms with Crippen molar-refractivity contribution >= 4 is 16.8 Å². The lowest BCUT2D eigenvalue weighted by molar-refractivity contribution is 0.0940. The molecule has 0 aliphatic heterocycles. The lowest BCUT2D eigenvalue weighted by Crippen LogP contribution is -2.28. The molecule has 6 heteroatoms. The Balaban J connectivity index is 1.58. The van der Waals surface area contributed by atoms with Crippen LogP contribution in [0.25, 0.3) is 10.9 Å². The Labute approximate surface area is 151 Å². The van der Waals surface area contributed by atoms with Gasteiger partial charge in [0.15, 0.2) is 0 Å². The van der Waals surface area contributed by atoms with Gasteiger partial charge in [-0.2, -0.15) is 0 Å². The van der Waals surface area contributed by atoms with Crippen molar-refractivity contribution < 1.29 is 19.0 Å². The maximum Gasteiger partial charge on any atom is 0.258 e. The highest BCUT2D eigenvalue weighted by atomic mass is 16.5. The summed E-state index contributed by atoms with van der Waals surface area (Å²) in [7, 11) is 3.03. The van der Waals surface area contributed by atoms with Crippen LogP contribution >= 0.6 is 0 Å². The van der Waals surface area contributed by atoms with Crippen LogP contribution in [0.2, 0.25) is 0 Å². The van der Waals surface area contributed by atoms with Gasteiger partial charge in [-0.3, -0.25) is 9.78 Å². The highest BCUT2D eigenvalue weighted by Gasteiger charge is 2.17. The molecular weight excluding hydrogens is 332 g/mol. The van der Waals surface area contributed by atoms with Gasteiger partial charge in [0.25, 0.3) is 5.91 Å². The van der Waals surface area contributed by atoms with Crippen molar-refractivity contribution in [2.75, 3.05) is 27.4 Å². The zero-order chi connectivity index (χ0) is 18.4. The van der Waals surface area contributed by atoms with E-state index in [9.17, 15) is 4.79 Å². The standard InChI is InChI=1S/C20H20N2O4/c1-24-17-6-3-7-18(25-2)19(17)20(23)22-11-12-26-15-8-9-16-14(13-15)5-4-10-21-16/h3-10,13H,11-12H2,1-2H3,(H,22,23). The summed E-state index contributed by atoms with van der Waals surface area (Å²) < 4.78 is 16.2. The third kappa shape index (κ3) is 3.85. The number of nitrogens with one attached hydrogen (secondary N) is 1. The number of benzene rings is 2. The van der Waals surface area contributed by atoms with Crippen molar-refractivity contribution in [1.29, 1.82) is 0 Å². The van der Waals surface area contributed by atoms with Gasteiger partial charge in [0.1, 0.15) is 29.4 Å². The molecule has 0 aliphatic carbocycles. The van der Waals surface area contributed by atoms with Crippen LogP contribution in [0, 0.1) is 0 Å². The van der Waals surface area contributed by atoms with E-state index in [2.05, 4.69) is 10.3 Å². The Morgan fingerprint density at radius 2 is 1.81 bits per heavy atom. The van der Waals surface area contributed by atoms with Crippen LogP contribution in [0.5, 0.6) is 17.2 Å². The molecule has 6 nitrogen and oxygen atoms in total. The minimum absolute atomic E-state index is 0.273. The average Bonchev–Trinajstić information content (AvgIpc) is 2.70. The number of hydrogen-bond acceptors (Lipinski definition) is 5. The van der Waals surface area contributed by atoms with Crippen LogP contribution in [-0.4, -0.2) is 38.3 Å². The number of methoxy groups -OCH3 is 2. The smallest absolute Gasteiger partial charge is 0.258 e. The number of aromatic nitrogens is 1. The summed E-state index contributed by atoms with van der Waals surface area (Å²) >= 11 is 0. The minimum atomic E-state index is -0.273. The van der Waals surface area contributed by atoms with E-state index in [-0.39, 0.29) is 5.91 Å². The topological polar surface area (TPSA) is 69.7 Å². The van der Waals surface area contributed by atoms with Gasteiger partial charge < -0.3 is 19.5 Å². The predicted octanol–water partition coefficient (Wildman–Crippen LogP) is 3.06. The maximum absolute atomic E-state index is 12.5. The van der Waals surface area contributed by atoms with Crippen molar-refractivity contribution in [3.8, 4) is 17.2 Å². The van der Waals surface area contributed by atoms with Gasteiger partial charge in [0, 0.05) is 11.6 Å². The maximum atomic E-state index is 12.5. The molecule has 0 fully saturated rings. The third-order valence-corrected chi connectivity index (χ3v) is 3.89. The second-order valence-corrected chi connectivity index (χ2v) is 5.50. The molecule has 3 rings (SSSR count). The summed E-state index contributed by atoms with van der Waals surface area (Å²) in [4.78, 5) is 16.7. The predicted molar refractivity (Wildman–Crippen MR) is 99.1 cm³/mol. The summed E-state index contributed by atoms with van der Waals surface area (Å²) in [6, 6.07) is 14.8. The van der Waals surface area contributed by atoms with Gasteiger partial charge in [-0.1, -0.05) is 12.1 Å². The summed E-state index contributed by atoms with van der Waals surface area (Å²) in [5.74, 6) is 1.38. The Morgan fingerprint density at radius 3 is 2.54 bits per heavy atom. The SMILES string of the molecule is COc1cccc(OC)c1C(=O)NCCOc1ccc2ncccc2c1. The van der Waals surface area contributed by atoms with Gasteiger partial charge in [0.05, 0.1) is 26.3 Å². The number of carbonyl (C=O) groups is 1. The lowest BCUT2D eigenvalue weighted by atomic mass is 10.1. The molecule has 0 bridgehead atoms. The second kappa shape index (κ2) is 8.20. The molecule has 0 unspecified atom stereocenters. The number of hydrogen-bond donors (Lipinski definition) is 1. The van der Waals surface area contributed by atoms with E-state index in [1.807, 2.05) is 30.3 Å². The molecule has 1 amide bonds. The van der Waals surface area contributed by atoms with Crippen molar-refractivity contribution in [2.24, 2.45) is 0 Å². The van der Waals surface area contributed by atoms with Crippen LogP contribution in [0.1, 0.15) is 10.4 Å². The molecule has 134 valence electrons. The molecule has 1 aromatic heterocycles. The van der Waals surface area contributed by atoms with E-state index in [4.69, 9.17) is 14.2 Å². The number of fused-ring (bicyclic) bond motifs is 1. The van der Waals surface area contributed by atoms with E-state index < -0.39 is 0 Å². The molecule has 0 saturated carbocycles. The number of nitrogens with zero attached hydrogens (tertiary/aromatic N) is 1. The van der Waals surface area contributed by atoms with Crippen LogP contribution in [-0.2, 0) is 0 Å². The van der Waals surface area contributed by atoms with E-state index >= 15 is 0 Å². The zero-order valence-electron chi connectivity index (χ0n) is 14.7. The highest BCUT2D eigenvalue weighted by Crippen LogP contribution is 2.27. The molecule has 0 spiro atoms. The largest absolute Gasteiger partial charge is 0.496 e. The van der Waals surface area contributed by atoms with E-state index in [1.165, 1.54) is 14.2 Å². The summed E-state index contributed by atoms with van der Waals surface area (Å²) in [5, 5.41) is 3.83. The fourth-order valence-corrected chi connectivity index (χ4v) is 2.64. The lowest BCUT2D eigenvalue weighted by Gasteiger charge is -2.13. The first-order valence-corrected chi connectivity index (χ1v) is 8.19. The molecule has 3 aromatic rings. The van der Waals surface area contributed by atoms with Crippen molar-refractivity contribution in [1.82, 2.24) is 10.3 Å². The fraction of sp³-hybridized carbons (Fsp3) is 0.200.